The van der Waals surface area contributed by atoms with Gasteiger partial charge in [-0.3, -0.25) is 9.59 Å². The van der Waals surface area contributed by atoms with E-state index < -0.39 is 0 Å². The van der Waals surface area contributed by atoms with Crippen molar-refractivity contribution < 1.29 is 14.3 Å². The van der Waals surface area contributed by atoms with Crippen molar-refractivity contribution in [2.75, 3.05) is 19.8 Å². The summed E-state index contributed by atoms with van der Waals surface area (Å²) in [4.78, 5) is 32.9. The molecule has 0 unspecified atom stereocenters. The number of aryl methyl sites for hydroxylation is 2. The summed E-state index contributed by atoms with van der Waals surface area (Å²) in [7, 11) is 0. The zero-order valence-corrected chi connectivity index (χ0v) is 17.9. The van der Waals surface area contributed by atoms with Crippen molar-refractivity contribution >= 4 is 27.5 Å². The van der Waals surface area contributed by atoms with Gasteiger partial charge in [0.25, 0.3) is 11.5 Å². The Morgan fingerprint density at radius 2 is 1.90 bits per heavy atom. The maximum Gasteiger partial charge on any atom is 0.261 e. The Balaban J connectivity index is 1.69. The minimum Gasteiger partial charge on any atom is -0.490 e. The molecule has 0 spiro atoms. The lowest BCUT2D eigenvalue weighted by Crippen LogP contribution is -2.25. The van der Waals surface area contributed by atoms with E-state index >= 15 is 0 Å². The van der Waals surface area contributed by atoms with E-state index in [1.165, 1.54) is 11.3 Å². The van der Waals surface area contributed by atoms with Crippen molar-refractivity contribution in [3.8, 4) is 11.5 Å². The number of hydrogen-bond acceptors (Lipinski definition) is 6. The van der Waals surface area contributed by atoms with Crippen LogP contribution in [0.25, 0.3) is 10.2 Å². The van der Waals surface area contributed by atoms with Crippen molar-refractivity contribution in [1.82, 2.24) is 15.3 Å². The molecule has 0 atom stereocenters. The van der Waals surface area contributed by atoms with E-state index in [4.69, 9.17) is 9.47 Å². The number of rotatable bonds is 8. The predicted molar refractivity (Wildman–Crippen MR) is 115 cm³/mol. The molecule has 1 amide bonds. The number of aromatic amines is 1. The Morgan fingerprint density at radius 1 is 1.17 bits per heavy atom. The molecule has 0 fully saturated rings. The van der Waals surface area contributed by atoms with Gasteiger partial charge in [0.05, 0.1) is 23.5 Å². The van der Waals surface area contributed by atoms with Gasteiger partial charge in [0.15, 0.2) is 11.5 Å². The third-order valence-corrected chi connectivity index (χ3v) is 5.62. The number of nitrogens with one attached hydrogen (secondary N) is 2. The average molecular weight is 416 g/mol. The molecular weight excluding hydrogens is 390 g/mol. The van der Waals surface area contributed by atoms with Gasteiger partial charge in [-0.15, -0.1) is 11.3 Å². The quantitative estimate of drug-likeness (QED) is 0.588. The summed E-state index contributed by atoms with van der Waals surface area (Å²) in [5, 5.41) is 3.42. The van der Waals surface area contributed by atoms with Crippen molar-refractivity contribution in [3.05, 3.63) is 50.4 Å². The molecule has 0 bridgehead atoms. The molecule has 2 aromatic heterocycles. The number of fused-ring (bicyclic) bond motifs is 1. The fraction of sp³-hybridized carbons (Fsp3) is 0.381. The highest BCUT2D eigenvalue weighted by Gasteiger charge is 2.18. The second-order valence-corrected chi connectivity index (χ2v) is 7.54. The lowest BCUT2D eigenvalue weighted by atomic mass is 10.1. The maximum absolute atomic E-state index is 12.6. The summed E-state index contributed by atoms with van der Waals surface area (Å²) in [6.45, 7) is 8.95. The fourth-order valence-corrected chi connectivity index (χ4v) is 4.26. The molecule has 2 heterocycles. The number of ether oxygens (including phenoxy) is 2. The van der Waals surface area contributed by atoms with Crippen LogP contribution in [0.2, 0.25) is 0 Å². The third-order valence-electron chi connectivity index (χ3n) is 4.43. The fourth-order valence-electron chi connectivity index (χ4n) is 3.12. The lowest BCUT2D eigenvalue weighted by Gasteiger charge is -2.12. The second kappa shape index (κ2) is 9.09. The molecule has 0 radical (unpaired) electrons. The molecule has 29 heavy (non-hydrogen) atoms. The minimum absolute atomic E-state index is 0.196. The Kier molecular flexibility index (Phi) is 6.53. The standard InChI is InChI=1S/C21H25N3O4S/c1-5-27-15-8-7-14(11-16(15)28-6-2)9-10-22-20(26)18-12(3)17-19(25)23-13(4)24-21(17)29-18/h7-8,11H,5-6,9-10H2,1-4H3,(H,22,26)(H,23,24,25). The number of aromatic nitrogens is 2. The number of carbonyl (C=O) groups excluding carboxylic acids is 1. The van der Waals surface area contributed by atoms with Crippen LogP contribution in [0.15, 0.2) is 23.0 Å². The van der Waals surface area contributed by atoms with Gasteiger partial charge in [0.1, 0.15) is 10.7 Å². The molecule has 1 aromatic carbocycles. The van der Waals surface area contributed by atoms with Gasteiger partial charge in [-0.2, -0.15) is 0 Å². The topological polar surface area (TPSA) is 93.3 Å². The van der Waals surface area contributed by atoms with Crippen LogP contribution in [0.1, 0.15) is 40.5 Å². The highest BCUT2D eigenvalue weighted by atomic mass is 32.1. The van der Waals surface area contributed by atoms with E-state index in [1.807, 2.05) is 32.0 Å². The molecule has 8 heteroatoms. The highest BCUT2D eigenvalue weighted by Crippen LogP contribution is 2.29. The molecule has 0 saturated heterocycles. The van der Waals surface area contributed by atoms with Crippen molar-refractivity contribution in [3.63, 3.8) is 0 Å². The van der Waals surface area contributed by atoms with Crippen LogP contribution >= 0.6 is 11.3 Å². The highest BCUT2D eigenvalue weighted by molar-refractivity contribution is 7.20. The van der Waals surface area contributed by atoms with Crippen molar-refractivity contribution in [1.29, 1.82) is 0 Å². The summed E-state index contributed by atoms with van der Waals surface area (Å²) >= 11 is 1.24. The second-order valence-electron chi connectivity index (χ2n) is 6.54. The van der Waals surface area contributed by atoms with Gasteiger partial charge in [-0.05, 0) is 57.4 Å². The maximum atomic E-state index is 12.6. The number of carbonyl (C=O) groups is 1. The first-order chi connectivity index (χ1) is 13.9. The number of amides is 1. The number of thiophene rings is 1. The van der Waals surface area contributed by atoms with Crippen LogP contribution in [0.3, 0.4) is 0 Å². The van der Waals surface area contributed by atoms with Gasteiger partial charge in [-0.1, -0.05) is 6.07 Å². The molecule has 7 nitrogen and oxygen atoms in total. The zero-order chi connectivity index (χ0) is 21.0. The number of H-pyrrole nitrogens is 1. The molecular formula is C21H25N3O4S. The smallest absolute Gasteiger partial charge is 0.261 e. The van der Waals surface area contributed by atoms with Gasteiger partial charge in [0.2, 0.25) is 0 Å². The molecule has 2 N–H and O–H groups in total. The first-order valence-corrected chi connectivity index (χ1v) is 10.4. The van der Waals surface area contributed by atoms with E-state index in [-0.39, 0.29) is 11.5 Å². The largest absolute Gasteiger partial charge is 0.490 e. The molecule has 154 valence electrons. The predicted octanol–water partition coefficient (Wildman–Crippen LogP) is 3.37. The van der Waals surface area contributed by atoms with E-state index in [0.29, 0.717) is 58.4 Å². The number of benzene rings is 1. The van der Waals surface area contributed by atoms with Gasteiger partial charge < -0.3 is 19.8 Å². The van der Waals surface area contributed by atoms with Crippen LogP contribution < -0.4 is 20.3 Å². The molecule has 3 aromatic rings. The minimum atomic E-state index is -0.210. The normalized spacial score (nSPS) is 10.9. The summed E-state index contributed by atoms with van der Waals surface area (Å²) in [5.41, 5.74) is 1.49. The molecule has 0 saturated carbocycles. The zero-order valence-electron chi connectivity index (χ0n) is 17.0. The Labute approximate surface area is 173 Å². The van der Waals surface area contributed by atoms with E-state index in [1.54, 1.807) is 13.8 Å². The molecule has 0 aliphatic carbocycles. The molecule has 3 rings (SSSR count). The van der Waals surface area contributed by atoms with Gasteiger partial charge in [0, 0.05) is 6.54 Å². The first-order valence-electron chi connectivity index (χ1n) is 9.61. The number of hydrogen-bond donors (Lipinski definition) is 2. The van der Waals surface area contributed by atoms with Crippen molar-refractivity contribution in [2.24, 2.45) is 0 Å². The third kappa shape index (κ3) is 4.59. The van der Waals surface area contributed by atoms with Gasteiger partial charge >= 0.3 is 0 Å². The Bertz CT molecular complexity index is 1090. The van der Waals surface area contributed by atoms with Crippen LogP contribution in [0.4, 0.5) is 0 Å². The number of nitrogens with zero attached hydrogens (tertiary/aromatic N) is 1. The van der Waals surface area contributed by atoms with E-state index in [0.717, 1.165) is 11.3 Å². The van der Waals surface area contributed by atoms with Crippen LogP contribution in [0, 0.1) is 13.8 Å². The Hall–Kier alpha value is -2.87. The lowest BCUT2D eigenvalue weighted by molar-refractivity contribution is 0.0957. The average Bonchev–Trinajstić information content (AvgIpc) is 3.00. The Morgan fingerprint density at radius 3 is 2.62 bits per heavy atom. The summed E-state index contributed by atoms with van der Waals surface area (Å²) in [6.07, 6.45) is 0.653. The molecule has 0 aliphatic heterocycles. The summed E-state index contributed by atoms with van der Waals surface area (Å²) in [6, 6.07) is 5.80. The molecule has 0 aliphatic rings. The van der Waals surface area contributed by atoms with Crippen molar-refractivity contribution in [2.45, 2.75) is 34.1 Å². The van der Waals surface area contributed by atoms with Gasteiger partial charge in [-0.25, -0.2) is 4.98 Å². The first kappa shape index (κ1) is 20.9. The summed E-state index contributed by atoms with van der Waals surface area (Å²) < 4.78 is 11.2. The van der Waals surface area contributed by atoms with E-state index in [2.05, 4.69) is 15.3 Å². The monoisotopic (exact) mass is 415 g/mol. The SMILES string of the molecule is CCOc1ccc(CCNC(=O)c2sc3nc(C)[nH]c(=O)c3c2C)cc1OCC. The summed E-state index contributed by atoms with van der Waals surface area (Å²) in [5.74, 6) is 1.77. The van der Waals surface area contributed by atoms with Crippen LogP contribution in [-0.2, 0) is 6.42 Å². The van der Waals surface area contributed by atoms with Crippen LogP contribution in [0.5, 0.6) is 11.5 Å². The van der Waals surface area contributed by atoms with Crippen LogP contribution in [-0.4, -0.2) is 35.6 Å². The van der Waals surface area contributed by atoms with E-state index in [9.17, 15) is 9.59 Å².